The fourth-order valence-electron chi connectivity index (χ4n) is 9.63. The fourth-order valence-corrected chi connectivity index (χ4v) is 9.63. The minimum Gasteiger partial charge on any atom is -0.466 e. The number of nitrogens with zero attached hydrogens (tertiary/aromatic N) is 2. The first kappa shape index (κ1) is 33.3. The zero-order chi connectivity index (χ0) is 35.3. The summed E-state index contributed by atoms with van der Waals surface area (Å²) in [5, 5.41) is 2.16. The maximum absolute atomic E-state index is 13.6. The van der Waals surface area contributed by atoms with Gasteiger partial charge in [0, 0.05) is 32.7 Å². The van der Waals surface area contributed by atoms with Crippen LogP contribution in [-0.4, -0.2) is 35.1 Å². The van der Waals surface area contributed by atoms with Gasteiger partial charge in [-0.1, -0.05) is 74.5 Å². The topological polar surface area (TPSA) is 78.4 Å². The molecular weight excluding hydrogens is 633 g/mol. The molecular formula is C45H46N2O4. The maximum atomic E-state index is 13.6. The molecule has 0 saturated carbocycles. The molecule has 0 amide bonds. The lowest BCUT2D eigenvalue weighted by atomic mass is 9.57. The van der Waals surface area contributed by atoms with Gasteiger partial charge in [0.25, 0.3) is 0 Å². The van der Waals surface area contributed by atoms with Crippen molar-refractivity contribution >= 4 is 44.9 Å². The Morgan fingerprint density at radius 1 is 0.647 bits per heavy atom. The summed E-state index contributed by atoms with van der Waals surface area (Å²) in [5.41, 5.74) is 9.89. The molecule has 6 heteroatoms. The van der Waals surface area contributed by atoms with Gasteiger partial charge in [-0.25, -0.2) is 9.97 Å². The molecule has 0 N–H and O–H groups in total. The van der Waals surface area contributed by atoms with Gasteiger partial charge in [-0.05, 0) is 105 Å². The highest BCUT2D eigenvalue weighted by Crippen LogP contribution is 2.65. The number of carbonyl (C=O) groups excluding carboxylic acids is 2. The molecule has 0 radical (unpaired) electrons. The number of allylic oxidation sites excluding steroid dienone is 8. The summed E-state index contributed by atoms with van der Waals surface area (Å²) < 4.78 is 11.4. The van der Waals surface area contributed by atoms with Crippen molar-refractivity contribution in [1.82, 2.24) is 9.97 Å². The largest absolute Gasteiger partial charge is 0.466 e. The van der Waals surface area contributed by atoms with Crippen LogP contribution in [0.5, 0.6) is 0 Å². The number of para-hydroxylation sites is 2. The molecule has 0 saturated heterocycles. The van der Waals surface area contributed by atoms with Crippen molar-refractivity contribution < 1.29 is 19.1 Å². The summed E-state index contributed by atoms with van der Waals surface area (Å²) in [4.78, 5) is 38.0. The molecule has 8 rings (SSSR count). The van der Waals surface area contributed by atoms with E-state index >= 15 is 0 Å². The van der Waals surface area contributed by atoms with Crippen LogP contribution < -0.4 is 0 Å². The van der Waals surface area contributed by atoms with Gasteiger partial charge in [-0.3, -0.25) is 9.59 Å². The number of hydrogen-bond acceptors (Lipinski definition) is 6. The second kappa shape index (κ2) is 13.0. The molecule has 2 aromatic carbocycles. The summed E-state index contributed by atoms with van der Waals surface area (Å²) in [6, 6.07) is 21.3. The predicted octanol–water partition coefficient (Wildman–Crippen LogP) is 9.76. The molecule has 4 aromatic rings. The van der Waals surface area contributed by atoms with Crippen LogP contribution in [0, 0.1) is 11.8 Å². The molecule has 6 nitrogen and oxygen atoms in total. The first-order valence-corrected chi connectivity index (χ1v) is 18.8. The number of hydrogen-bond donors (Lipinski definition) is 0. The van der Waals surface area contributed by atoms with E-state index in [1.165, 1.54) is 22.3 Å². The summed E-state index contributed by atoms with van der Waals surface area (Å²) >= 11 is 0. The Kier molecular flexibility index (Phi) is 8.52. The van der Waals surface area contributed by atoms with Crippen LogP contribution in [0.2, 0.25) is 0 Å². The smallest absolute Gasteiger partial charge is 0.308 e. The zero-order valence-corrected chi connectivity index (χ0v) is 30.1. The number of carbonyl (C=O) groups is 2. The molecule has 2 aromatic heterocycles. The Labute approximate surface area is 300 Å². The molecule has 51 heavy (non-hydrogen) atoms. The number of benzene rings is 2. The highest BCUT2D eigenvalue weighted by molar-refractivity contribution is 5.96. The number of aromatic nitrogens is 2. The SMILES string of the molecule is CCOC(=O)C(C)CC1(CC2(CC(C)C(=O)OCC)C3=CCCC=C3c3nc4ccccc4cc32)C2=CCCC=C2c2nc3ccccc3cc21. The van der Waals surface area contributed by atoms with Crippen LogP contribution in [0.3, 0.4) is 0 Å². The normalized spacial score (nSPS) is 22.8. The highest BCUT2D eigenvalue weighted by atomic mass is 16.5. The van der Waals surface area contributed by atoms with Gasteiger partial charge in [-0.2, -0.15) is 0 Å². The van der Waals surface area contributed by atoms with Crippen molar-refractivity contribution in [3.8, 4) is 0 Å². The third-order valence-electron chi connectivity index (χ3n) is 11.6. The predicted molar refractivity (Wildman–Crippen MR) is 203 cm³/mol. The van der Waals surface area contributed by atoms with Gasteiger partial charge in [-0.15, -0.1) is 0 Å². The van der Waals surface area contributed by atoms with Crippen molar-refractivity contribution in [2.75, 3.05) is 13.2 Å². The molecule has 4 aliphatic carbocycles. The minimum atomic E-state index is -0.601. The average Bonchev–Trinajstić information content (AvgIpc) is 3.55. The second-order valence-corrected chi connectivity index (χ2v) is 14.8. The minimum absolute atomic E-state index is 0.188. The Hall–Kier alpha value is -4.84. The molecule has 260 valence electrons. The lowest BCUT2D eigenvalue weighted by molar-refractivity contribution is -0.148. The van der Waals surface area contributed by atoms with Gasteiger partial charge >= 0.3 is 11.9 Å². The number of pyridine rings is 2. The highest BCUT2D eigenvalue weighted by Gasteiger charge is 2.57. The van der Waals surface area contributed by atoms with Crippen molar-refractivity contribution in [1.29, 1.82) is 0 Å². The number of fused-ring (bicyclic) bond motifs is 8. The van der Waals surface area contributed by atoms with Gasteiger partial charge < -0.3 is 9.47 Å². The van der Waals surface area contributed by atoms with Crippen LogP contribution in [0.4, 0.5) is 0 Å². The molecule has 4 atom stereocenters. The molecule has 4 aliphatic rings. The summed E-state index contributed by atoms with van der Waals surface area (Å²) in [7, 11) is 0. The maximum Gasteiger partial charge on any atom is 0.308 e. The van der Waals surface area contributed by atoms with E-state index in [4.69, 9.17) is 19.4 Å². The molecule has 2 heterocycles. The lowest BCUT2D eigenvalue weighted by Gasteiger charge is -2.45. The number of rotatable bonds is 10. The molecule has 0 spiro atoms. The van der Waals surface area contributed by atoms with E-state index in [9.17, 15) is 9.59 Å². The van der Waals surface area contributed by atoms with Crippen LogP contribution in [0.25, 0.3) is 33.0 Å². The van der Waals surface area contributed by atoms with Crippen LogP contribution in [0.1, 0.15) is 95.2 Å². The van der Waals surface area contributed by atoms with Crippen molar-refractivity contribution in [2.45, 2.75) is 83.5 Å². The van der Waals surface area contributed by atoms with E-state index in [1.54, 1.807) is 0 Å². The second-order valence-electron chi connectivity index (χ2n) is 14.8. The zero-order valence-electron chi connectivity index (χ0n) is 30.1. The number of ether oxygens (including phenoxy) is 2. The first-order chi connectivity index (χ1) is 24.8. The fraction of sp³-hybridized carbons (Fsp3) is 0.378. The Balaban J connectivity index is 1.43. The van der Waals surface area contributed by atoms with E-state index < -0.39 is 10.8 Å². The lowest BCUT2D eigenvalue weighted by Crippen LogP contribution is -2.42. The molecule has 0 aliphatic heterocycles. The quantitative estimate of drug-likeness (QED) is 0.156. The summed E-state index contributed by atoms with van der Waals surface area (Å²) in [6.07, 6.45) is 15.0. The Morgan fingerprint density at radius 3 is 1.49 bits per heavy atom. The standard InChI is InChI=1S/C45H46N2O4/c1-5-50-42(48)28(3)25-44(34-19-11-9-17-32(34)40-36(44)23-30-15-7-13-21-38(30)46-40)27-45(26-29(4)43(49)51-6-2)35-20-12-10-18-33(35)41-37(45)24-31-16-8-14-22-39(31)47-41/h7-8,13-24,28-29H,5-6,9-12,25-27H2,1-4H3. The summed E-state index contributed by atoms with van der Waals surface area (Å²) in [5.74, 6) is -1.13. The monoisotopic (exact) mass is 678 g/mol. The summed E-state index contributed by atoms with van der Waals surface area (Å²) in [6.45, 7) is 8.43. The Morgan fingerprint density at radius 2 is 1.06 bits per heavy atom. The first-order valence-electron chi connectivity index (χ1n) is 18.8. The van der Waals surface area contributed by atoms with Crippen molar-refractivity contribution in [3.63, 3.8) is 0 Å². The van der Waals surface area contributed by atoms with Gasteiger partial charge in [0.1, 0.15) is 0 Å². The van der Waals surface area contributed by atoms with Gasteiger partial charge in [0.05, 0.1) is 47.5 Å². The van der Waals surface area contributed by atoms with Crippen molar-refractivity contribution in [3.05, 3.63) is 119 Å². The third-order valence-corrected chi connectivity index (χ3v) is 11.6. The van der Waals surface area contributed by atoms with E-state index in [2.05, 4.69) is 72.8 Å². The van der Waals surface area contributed by atoms with Crippen LogP contribution in [0.15, 0.2) is 96.1 Å². The van der Waals surface area contributed by atoms with Crippen LogP contribution in [-0.2, 0) is 29.9 Å². The average molecular weight is 679 g/mol. The van der Waals surface area contributed by atoms with E-state index in [1.807, 2.05) is 39.8 Å². The Bertz CT molecular complexity index is 2050. The third kappa shape index (κ3) is 5.37. The number of esters is 2. The van der Waals surface area contributed by atoms with E-state index in [-0.39, 0.29) is 23.8 Å². The van der Waals surface area contributed by atoms with E-state index in [0.717, 1.165) is 70.0 Å². The molecule has 4 unspecified atom stereocenters. The van der Waals surface area contributed by atoms with Gasteiger partial charge in [0.2, 0.25) is 0 Å². The molecule has 0 bridgehead atoms. The van der Waals surface area contributed by atoms with Crippen molar-refractivity contribution in [2.24, 2.45) is 11.8 Å². The van der Waals surface area contributed by atoms with Gasteiger partial charge in [0.15, 0.2) is 0 Å². The van der Waals surface area contributed by atoms with E-state index in [0.29, 0.717) is 32.5 Å². The van der Waals surface area contributed by atoms with Crippen LogP contribution >= 0.6 is 0 Å². The molecule has 0 fully saturated rings.